The summed E-state index contributed by atoms with van der Waals surface area (Å²) in [4.78, 5) is 11.9. The first-order chi connectivity index (χ1) is 12.4. The number of rotatable bonds is 8. The normalized spacial score (nSPS) is 12.4. The fourth-order valence-corrected chi connectivity index (χ4v) is 3.66. The zero-order valence-corrected chi connectivity index (χ0v) is 16.1. The average Bonchev–Trinajstić information content (AvgIpc) is 2.98. The van der Waals surface area contributed by atoms with Gasteiger partial charge in [0, 0.05) is 25.1 Å². The van der Waals surface area contributed by atoms with Gasteiger partial charge < -0.3 is 9.80 Å². The van der Waals surface area contributed by atoms with Crippen molar-refractivity contribution >= 4 is 11.5 Å². The van der Waals surface area contributed by atoms with Crippen LogP contribution in [0.3, 0.4) is 0 Å². The van der Waals surface area contributed by atoms with Gasteiger partial charge in [0.05, 0.1) is 20.6 Å². The third-order valence-electron chi connectivity index (χ3n) is 5.15. The monoisotopic (exact) mass is 349 g/mol. The van der Waals surface area contributed by atoms with Gasteiger partial charge in [-0.1, -0.05) is 43.0 Å². The zero-order valence-electron chi connectivity index (χ0n) is 16.1. The van der Waals surface area contributed by atoms with Gasteiger partial charge in [0.25, 0.3) is 0 Å². The van der Waals surface area contributed by atoms with Crippen LogP contribution in [-0.4, -0.2) is 44.0 Å². The van der Waals surface area contributed by atoms with Crippen LogP contribution in [0, 0.1) is 0 Å². The molecular weight excluding hydrogens is 320 g/mol. The fourth-order valence-electron chi connectivity index (χ4n) is 3.66. The van der Waals surface area contributed by atoms with E-state index < -0.39 is 0 Å². The van der Waals surface area contributed by atoms with E-state index in [0.29, 0.717) is 16.6 Å². The summed E-state index contributed by atoms with van der Waals surface area (Å²) >= 11 is 0. The van der Waals surface area contributed by atoms with E-state index in [1.165, 1.54) is 27.9 Å². The second-order valence-electron chi connectivity index (χ2n) is 7.97. The van der Waals surface area contributed by atoms with E-state index in [2.05, 4.69) is 68.5 Å². The maximum atomic E-state index is 11.9. The van der Waals surface area contributed by atoms with Gasteiger partial charge >= 0.3 is 0 Å². The lowest BCUT2D eigenvalue weighted by Gasteiger charge is -2.29. The minimum Gasteiger partial charge on any atom is -0.385 e. The molecule has 3 rings (SSSR count). The van der Waals surface area contributed by atoms with Crippen molar-refractivity contribution in [3.05, 3.63) is 65.7 Å². The van der Waals surface area contributed by atoms with Crippen LogP contribution in [0.15, 0.2) is 54.6 Å². The summed E-state index contributed by atoms with van der Waals surface area (Å²) < 4.78 is 0.700. The number of anilines is 1. The Labute approximate surface area is 156 Å². The Morgan fingerprint density at radius 3 is 2.62 bits per heavy atom. The maximum Gasteiger partial charge on any atom is 0.212 e. The van der Waals surface area contributed by atoms with Crippen LogP contribution in [0.25, 0.3) is 11.1 Å². The SMILES string of the molecule is C=C(C)C(=O)C[N+](C)(C)CCCNc1cccc2c1Cc1ccccc1-2. The first kappa shape index (κ1) is 18.4. The predicted molar refractivity (Wildman–Crippen MR) is 109 cm³/mol. The Morgan fingerprint density at radius 1 is 1.12 bits per heavy atom. The molecule has 2 aromatic carbocycles. The number of benzene rings is 2. The summed E-state index contributed by atoms with van der Waals surface area (Å²) in [6, 6.07) is 15.2. The van der Waals surface area contributed by atoms with Crippen LogP contribution in [0.2, 0.25) is 0 Å². The molecule has 1 N–H and O–H groups in total. The second-order valence-corrected chi connectivity index (χ2v) is 7.97. The first-order valence-corrected chi connectivity index (χ1v) is 9.32. The van der Waals surface area contributed by atoms with Gasteiger partial charge in [-0.25, -0.2) is 0 Å². The summed E-state index contributed by atoms with van der Waals surface area (Å²) in [6.45, 7) is 7.93. The number of carbonyl (C=O) groups is 1. The standard InChI is InChI=1S/C23H29N2O/c1-17(2)23(26)16-25(3,4)14-8-13-24-22-12-7-11-20-19-10-6-5-9-18(19)15-21(20)22/h5-7,9-12,24H,1,8,13-16H2,2-4H3/q+1. The molecular formula is C23H29N2O+. The van der Waals surface area contributed by atoms with Crippen molar-refractivity contribution in [1.82, 2.24) is 0 Å². The van der Waals surface area contributed by atoms with Gasteiger partial charge in [0.15, 0.2) is 0 Å². The second kappa shape index (κ2) is 7.46. The van der Waals surface area contributed by atoms with E-state index in [1.54, 1.807) is 6.92 Å². The number of ketones is 1. The van der Waals surface area contributed by atoms with Gasteiger partial charge in [-0.3, -0.25) is 4.79 Å². The van der Waals surface area contributed by atoms with E-state index in [0.717, 1.165) is 25.9 Å². The Bertz CT molecular complexity index is 836. The highest BCUT2D eigenvalue weighted by Crippen LogP contribution is 2.39. The van der Waals surface area contributed by atoms with Crippen LogP contribution in [0.5, 0.6) is 0 Å². The molecule has 0 aromatic heterocycles. The lowest BCUT2D eigenvalue weighted by molar-refractivity contribution is -0.882. The van der Waals surface area contributed by atoms with E-state index in [-0.39, 0.29) is 5.78 Å². The summed E-state index contributed by atoms with van der Waals surface area (Å²) in [5.74, 6) is 0.154. The third kappa shape index (κ3) is 4.05. The smallest absolute Gasteiger partial charge is 0.212 e. The fraction of sp³-hybridized carbons (Fsp3) is 0.348. The lowest BCUT2D eigenvalue weighted by atomic mass is 10.0. The molecule has 3 nitrogen and oxygen atoms in total. The molecule has 26 heavy (non-hydrogen) atoms. The van der Waals surface area contributed by atoms with Crippen LogP contribution in [0.1, 0.15) is 24.5 Å². The molecule has 0 spiro atoms. The highest BCUT2D eigenvalue weighted by Gasteiger charge is 2.21. The molecule has 0 saturated carbocycles. The Hall–Kier alpha value is -2.39. The number of Topliss-reactive ketones (excluding diaryl/α,β-unsaturated/α-hetero) is 1. The molecule has 0 fully saturated rings. The van der Waals surface area contributed by atoms with E-state index >= 15 is 0 Å². The van der Waals surface area contributed by atoms with Gasteiger partial charge in [-0.05, 0) is 40.8 Å². The van der Waals surface area contributed by atoms with Crippen LogP contribution >= 0.6 is 0 Å². The molecule has 136 valence electrons. The molecule has 0 radical (unpaired) electrons. The third-order valence-corrected chi connectivity index (χ3v) is 5.15. The van der Waals surface area contributed by atoms with Crippen LogP contribution < -0.4 is 5.32 Å². The van der Waals surface area contributed by atoms with Crippen LogP contribution in [0.4, 0.5) is 5.69 Å². The number of likely N-dealkylation sites (N-methyl/N-ethyl adjacent to an activating group) is 1. The largest absolute Gasteiger partial charge is 0.385 e. The minimum atomic E-state index is 0.154. The van der Waals surface area contributed by atoms with Crippen molar-refractivity contribution < 1.29 is 9.28 Å². The molecule has 2 aromatic rings. The molecule has 0 aliphatic heterocycles. The van der Waals surface area contributed by atoms with Gasteiger partial charge in [-0.15, -0.1) is 0 Å². The first-order valence-electron chi connectivity index (χ1n) is 9.32. The van der Waals surface area contributed by atoms with Gasteiger partial charge in [-0.2, -0.15) is 0 Å². The quantitative estimate of drug-likeness (QED) is 0.374. The summed E-state index contributed by atoms with van der Waals surface area (Å²) in [6.07, 6.45) is 2.02. The van der Waals surface area contributed by atoms with Crippen molar-refractivity contribution in [3.8, 4) is 11.1 Å². The predicted octanol–water partition coefficient (Wildman–Crippen LogP) is 4.28. The highest BCUT2D eigenvalue weighted by molar-refractivity contribution is 5.95. The van der Waals surface area contributed by atoms with Crippen LogP contribution in [-0.2, 0) is 11.2 Å². The molecule has 0 heterocycles. The molecule has 0 atom stereocenters. The lowest BCUT2D eigenvalue weighted by Crippen LogP contribution is -2.45. The van der Waals surface area contributed by atoms with Crippen molar-refractivity contribution in [2.45, 2.75) is 19.8 Å². The number of nitrogens with one attached hydrogen (secondary N) is 1. The molecule has 0 saturated heterocycles. The number of hydrogen-bond acceptors (Lipinski definition) is 2. The number of fused-ring (bicyclic) bond motifs is 3. The summed E-state index contributed by atoms with van der Waals surface area (Å²) in [7, 11) is 4.22. The van der Waals surface area contributed by atoms with Crippen molar-refractivity contribution in [2.75, 3.05) is 39.0 Å². The van der Waals surface area contributed by atoms with Crippen molar-refractivity contribution in [2.24, 2.45) is 0 Å². The minimum absolute atomic E-state index is 0.154. The van der Waals surface area contributed by atoms with E-state index in [1.807, 2.05) is 0 Å². The Kier molecular flexibility index (Phi) is 5.28. The molecule has 0 amide bonds. The maximum absolute atomic E-state index is 11.9. The van der Waals surface area contributed by atoms with Crippen molar-refractivity contribution in [3.63, 3.8) is 0 Å². The van der Waals surface area contributed by atoms with E-state index in [4.69, 9.17) is 0 Å². The number of quaternary nitrogens is 1. The summed E-state index contributed by atoms with van der Waals surface area (Å²) in [5.41, 5.74) is 7.42. The van der Waals surface area contributed by atoms with E-state index in [9.17, 15) is 4.79 Å². The van der Waals surface area contributed by atoms with Gasteiger partial charge in [0.1, 0.15) is 6.54 Å². The topological polar surface area (TPSA) is 29.1 Å². The number of hydrogen-bond donors (Lipinski definition) is 1. The number of nitrogens with zero attached hydrogens (tertiary/aromatic N) is 1. The Morgan fingerprint density at radius 2 is 1.85 bits per heavy atom. The highest BCUT2D eigenvalue weighted by atomic mass is 16.1. The number of carbonyl (C=O) groups excluding carboxylic acids is 1. The van der Waals surface area contributed by atoms with Crippen molar-refractivity contribution in [1.29, 1.82) is 0 Å². The average molecular weight is 349 g/mol. The molecule has 0 unspecified atom stereocenters. The van der Waals surface area contributed by atoms with Gasteiger partial charge in [0.2, 0.25) is 5.78 Å². The summed E-state index contributed by atoms with van der Waals surface area (Å²) in [5, 5.41) is 3.62. The zero-order chi connectivity index (χ0) is 18.7. The molecule has 3 heteroatoms. The Balaban J connectivity index is 1.57. The molecule has 1 aliphatic carbocycles. The molecule has 0 bridgehead atoms. The molecule has 1 aliphatic rings.